The van der Waals surface area contributed by atoms with Crippen LogP contribution < -0.4 is 0 Å². The molecule has 0 aliphatic heterocycles. The van der Waals surface area contributed by atoms with Gasteiger partial charge in [-0.2, -0.15) is 0 Å². The van der Waals surface area contributed by atoms with E-state index in [4.69, 9.17) is 4.74 Å². The van der Waals surface area contributed by atoms with Gasteiger partial charge < -0.3 is 9.84 Å². The summed E-state index contributed by atoms with van der Waals surface area (Å²) in [5.41, 5.74) is 0.894. The van der Waals surface area contributed by atoms with E-state index in [0.29, 0.717) is 13.2 Å². The maximum atomic E-state index is 9.69. The largest absolute Gasteiger partial charge is 0.389 e. The molecular formula is C14H19N3O2S. The summed E-state index contributed by atoms with van der Waals surface area (Å²) in [5, 5.41) is 10.6. The molecule has 0 radical (unpaired) electrons. The number of aliphatic hydroxyl groups excluding tert-OH is 1. The Balaban J connectivity index is 1.93. The van der Waals surface area contributed by atoms with Crippen LogP contribution in [0, 0.1) is 0 Å². The average molecular weight is 293 g/mol. The van der Waals surface area contributed by atoms with Crippen LogP contribution in [0.3, 0.4) is 0 Å². The molecule has 0 fully saturated rings. The Morgan fingerprint density at radius 1 is 1.40 bits per heavy atom. The highest BCUT2D eigenvalue weighted by Gasteiger charge is 2.11. The molecule has 0 spiro atoms. The lowest BCUT2D eigenvalue weighted by atomic mass is 10.3. The molecular weight excluding hydrogens is 274 g/mol. The number of hydrogen-bond donors (Lipinski definition) is 1. The van der Waals surface area contributed by atoms with Gasteiger partial charge in [-0.25, -0.2) is 4.98 Å². The minimum Gasteiger partial charge on any atom is -0.389 e. The third kappa shape index (κ3) is 4.35. The number of likely N-dealkylation sites (N-methyl/N-ethyl adjacent to an activating group) is 1. The second-order valence-electron chi connectivity index (χ2n) is 4.65. The van der Waals surface area contributed by atoms with Gasteiger partial charge in [0.25, 0.3) is 0 Å². The SMILES string of the molecule is COCC(O)CN(C)Cc1cnc(-c2ccccn2)s1. The van der Waals surface area contributed by atoms with Gasteiger partial charge in [0.15, 0.2) is 0 Å². The first kappa shape index (κ1) is 15.1. The zero-order valence-electron chi connectivity index (χ0n) is 11.7. The molecule has 0 aliphatic carbocycles. The molecule has 0 aliphatic rings. The number of nitrogens with zero attached hydrogens (tertiary/aromatic N) is 3. The molecule has 1 N–H and O–H groups in total. The molecule has 2 aromatic heterocycles. The van der Waals surface area contributed by atoms with Crippen LogP contribution in [0.5, 0.6) is 0 Å². The summed E-state index contributed by atoms with van der Waals surface area (Å²) >= 11 is 1.63. The molecule has 0 bridgehead atoms. The van der Waals surface area contributed by atoms with E-state index >= 15 is 0 Å². The molecule has 0 saturated carbocycles. The standard InChI is InChI=1S/C14H19N3O2S/c1-17(8-11(18)10-19-2)9-12-7-16-14(20-12)13-5-3-4-6-15-13/h3-7,11,18H,8-10H2,1-2H3. The molecule has 2 rings (SSSR count). The van der Waals surface area contributed by atoms with Crippen molar-refractivity contribution in [2.75, 3.05) is 27.3 Å². The number of ether oxygens (including phenoxy) is 1. The zero-order chi connectivity index (χ0) is 14.4. The van der Waals surface area contributed by atoms with Crippen LogP contribution in [0.1, 0.15) is 4.88 Å². The topological polar surface area (TPSA) is 58.5 Å². The minimum absolute atomic E-state index is 0.353. The monoisotopic (exact) mass is 293 g/mol. The van der Waals surface area contributed by atoms with Crippen molar-refractivity contribution in [1.82, 2.24) is 14.9 Å². The van der Waals surface area contributed by atoms with E-state index in [0.717, 1.165) is 22.1 Å². The molecule has 0 saturated heterocycles. The first-order valence-corrected chi connectivity index (χ1v) is 7.22. The minimum atomic E-state index is -0.465. The van der Waals surface area contributed by atoms with Crippen molar-refractivity contribution < 1.29 is 9.84 Å². The van der Waals surface area contributed by atoms with Gasteiger partial charge in [-0.05, 0) is 19.2 Å². The number of rotatable bonds is 7. The average Bonchev–Trinajstić information content (AvgIpc) is 2.88. The van der Waals surface area contributed by atoms with Gasteiger partial charge in [-0.1, -0.05) is 6.07 Å². The number of methoxy groups -OCH3 is 1. The Morgan fingerprint density at radius 2 is 2.25 bits per heavy atom. The Kier molecular flexibility index (Phi) is 5.60. The second-order valence-corrected chi connectivity index (χ2v) is 5.77. The van der Waals surface area contributed by atoms with Crippen LogP contribution in [0.2, 0.25) is 0 Å². The van der Waals surface area contributed by atoms with Crippen molar-refractivity contribution >= 4 is 11.3 Å². The van der Waals surface area contributed by atoms with Crippen LogP contribution >= 0.6 is 11.3 Å². The van der Waals surface area contributed by atoms with E-state index < -0.39 is 6.10 Å². The molecule has 0 aromatic carbocycles. The highest BCUT2D eigenvalue weighted by molar-refractivity contribution is 7.14. The fraction of sp³-hybridized carbons (Fsp3) is 0.429. The number of aromatic nitrogens is 2. The highest BCUT2D eigenvalue weighted by Crippen LogP contribution is 2.23. The smallest absolute Gasteiger partial charge is 0.142 e. The van der Waals surface area contributed by atoms with Crippen LogP contribution in [-0.4, -0.2) is 53.4 Å². The van der Waals surface area contributed by atoms with Gasteiger partial charge in [-0.3, -0.25) is 9.88 Å². The van der Waals surface area contributed by atoms with Crippen molar-refractivity contribution in [1.29, 1.82) is 0 Å². The molecule has 0 amide bonds. The fourth-order valence-corrected chi connectivity index (χ4v) is 2.89. The zero-order valence-corrected chi connectivity index (χ0v) is 12.5. The van der Waals surface area contributed by atoms with Crippen LogP contribution in [0.25, 0.3) is 10.7 Å². The Labute approximate surface area is 122 Å². The lowest BCUT2D eigenvalue weighted by molar-refractivity contribution is 0.0420. The Morgan fingerprint density at radius 3 is 2.95 bits per heavy atom. The fourth-order valence-electron chi connectivity index (χ4n) is 1.92. The molecule has 20 heavy (non-hydrogen) atoms. The van der Waals surface area contributed by atoms with Gasteiger partial charge in [0, 0.05) is 37.5 Å². The summed E-state index contributed by atoms with van der Waals surface area (Å²) in [7, 11) is 3.56. The van der Waals surface area contributed by atoms with Crippen molar-refractivity contribution in [3.05, 3.63) is 35.5 Å². The van der Waals surface area contributed by atoms with E-state index in [-0.39, 0.29) is 0 Å². The number of hydrogen-bond acceptors (Lipinski definition) is 6. The van der Waals surface area contributed by atoms with E-state index in [1.165, 1.54) is 0 Å². The van der Waals surface area contributed by atoms with Gasteiger partial charge in [0.2, 0.25) is 0 Å². The predicted octanol–water partition coefficient (Wildman–Crippen LogP) is 1.64. The molecule has 2 heterocycles. The van der Waals surface area contributed by atoms with Crippen molar-refractivity contribution in [2.45, 2.75) is 12.6 Å². The van der Waals surface area contributed by atoms with Gasteiger partial charge in [0.1, 0.15) is 5.01 Å². The number of aliphatic hydroxyl groups is 1. The summed E-state index contributed by atoms with van der Waals surface area (Å²) in [6.07, 6.45) is 3.17. The summed E-state index contributed by atoms with van der Waals surface area (Å²) < 4.78 is 4.92. The Bertz CT molecular complexity index is 518. The van der Waals surface area contributed by atoms with Crippen LogP contribution in [0.15, 0.2) is 30.6 Å². The number of thiazole rings is 1. The Hall–Kier alpha value is -1.34. The quantitative estimate of drug-likeness (QED) is 0.841. The summed E-state index contributed by atoms with van der Waals surface area (Å²) in [4.78, 5) is 11.9. The van der Waals surface area contributed by atoms with E-state index in [9.17, 15) is 5.11 Å². The van der Waals surface area contributed by atoms with Crippen LogP contribution in [-0.2, 0) is 11.3 Å². The van der Waals surface area contributed by atoms with Gasteiger partial charge in [-0.15, -0.1) is 11.3 Å². The maximum Gasteiger partial charge on any atom is 0.142 e. The molecule has 2 aromatic rings. The van der Waals surface area contributed by atoms with Crippen molar-refractivity contribution in [3.8, 4) is 10.7 Å². The van der Waals surface area contributed by atoms with Gasteiger partial charge >= 0.3 is 0 Å². The third-order valence-electron chi connectivity index (χ3n) is 2.74. The summed E-state index contributed by atoms with van der Waals surface area (Å²) in [6.45, 7) is 1.68. The molecule has 5 nitrogen and oxygen atoms in total. The maximum absolute atomic E-state index is 9.69. The molecule has 6 heteroatoms. The molecule has 1 unspecified atom stereocenters. The lowest BCUT2D eigenvalue weighted by Gasteiger charge is -2.18. The summed E-state index contributed by atoms with van der Waals surface area (Å²) in [5.74, 6) is 0. The first-order chi connectivity index (χ1) is 9.69. The lowest BCUT2D eigenvalue weighted by Crippen LogP contribution is -2.31. The second kappa shape index (κ2) is 7.44. The predicted molar refractivity (Wildman–Crippen MR) is 79.6 cm³/mol. The van der Waals surface area contributed by atoms with E-state index in [1.807, 2.05) is 31.4 Å². The van der Waals surface area contributed by atoms with Crippen molar-refractivity contribution in [2.24, 2.45) is 0 Å². The van der Waals surface area contributed by atoms with Crippen molar-refractivity contribution in [3.63, 3.8) is 0 Å². The number of pyridine rings is 1. The van der Waals surface area contributed by atoms with E-state index in [1.54, 1.807) is 24.6 Å². The van der Waals surface area contributed by atoms with E-state index in [2.05, 4.69) is 14.9 Å². The third-order valence-corrected chi connectivity index (χ3v) is 3.75. The highest BCUT2D eigenvalue weighted by atomic mass is 32.1. The normalized spacial score (nSPS) is 12.8. The van der Waals surface area contributed by atoms with Gasteiger partial charge in [0.05, 0.1) is 18.4 Å². The molecule has 1 atom stereocenters. The summed E-state index contributed by atoms with van der Waals surface area (Å²) in [6, 6.07) is 5.80. The first-order valence-electron chi connectivity index (χ1n) is 6.40. The molecule has 108 valence electrons. The van der Waals surface area contributed by atoms with Crippen LogP contribution in [0.4, 0.5) is 0 Å².